The molecule has 23 heavy (non-hydrogen) atoms. The Morgan fingerprint density at radius 3 is 2.52 bits per heavy atom. The summed E-state index contributed by atoms with van der Waals surface area (Å²) in [4.78, 5) is 23.6. The van der Waals surface area contributed by atoms with Gasteiger partial charge in [-0.15, -0.1) is 0 Å². The number of esters is 1. The van der Waals surface area contributed by atoms with Crippen molar-refractivity contribution in [2.45, 2.75) is 45.1 Å². The van der Waals surface area contributed by atoms with Crippen molar-refractivity contribution in [3.8, 4) is 0 Å². The highest BCUT2D eigenvalue weighted by atomic mass is 35.5. The smallest absolute Gasteiger partial charge is 0.310 e. The van der Waals surface area contributed by atoms with Crippen LogP contribution in [0.5, 0.6) is 0 Å². The number of hydrogen-bond donors (Lipinski definition) is 1. The molecule has 1 fully saturated rings. The van der Waals surface area contributed by atoms with Gasteiger partial charge in [0, 0.05) is 6.04 Å². The number of nitrogens with one attached hydrogen (secondary N) is 1. The van der Waals surface area contributed by atoms with Crippen LogP contribution in [-0.2, 0) is 20.7 Å². The predicted molar refractivity (Wildman–Crippen MR) is 90.7 cm³/mol. The fourth-order valence-corrected chi connectivity index (χ4v) is 3.01. The molecule has 0 spiro atoms. The first-order chi connectivity index (χ1) is 10.9. The molecule has 0 unspecified atom stereocenters. The summed E-state index contributed by atoms with van der Waals surface area (Å²) in [6.07, 6.45) is 4.30. The second-order valence-electron chi connectivity index (χ2n) is 6.11. The maximum Gasteiger partial charge on any atom is 0.310 e. The zero-order valence-electron chi connectivity index (χ0n) is 13.1. The summed E-state index contributed by atoms with van der Waals surface area (Å²) in [7, 11) is 0. The molecule has 0 bridgehead atoms. The van der Waals surface area contributed by atoms with E-state index in [4.69, 9.17) is 27.9 Å². The van der Waals surface area contributed by atoms with E-state index in [-0.39, 0.29) is 25.0 Å². The third-order valence-corrected chi connectivity index (χ3v) is 4.82. The van der Waals surface area contributed by atoms with E-state index < -0.39 is 5.97 Å². The first kappa shape index (κ1) is 18.1. The molecule has 126 valence electrons. The summed E-state index contributed by atoms with van der Waals surface area (Å²) < 4.78 is 5.01. The summed E-state index contributed by atoms with van der Waals surface area (Å²) >= 11 is 11.7. The number of rotatable bonds is 5. The van der Waals surface area contributed by atoms with Crippen molar-refractivity contribution < 1.29 is 14.3 Å². The third kappa shape index (κ3) is 6.04. The van der Waals surface area contributed by atoms with Crippen LogP contribution in [0.2, 0.25) is 10.0 Å². The van der Waals surface area contributed by atoms with Gasteiger partial charge in [-0.1, -0.05) is 36.2 Å². The molecule has 1 N–H and O–H groups in total. The van der Waals surface area contributed by atoms with Crippen molar-refractivity contribution in [3.63, 3.8) is 0 Å². The van der Waals surface area contributed by atoms with Crippen molar-refractivity contribution in [2.24, 2.45) is 5.92 Å². The van der Waals surface area contributed by atoms with Gasteiger partial charge in [0.15, 0.2) is 6.61 Å². The van der Waals surface area contributed by atoms with Gasteiger partial charge in [-0.05, 0) is 49.3 Å². The first-order valence-corrected chi connectivity index (χ1v) is 8.58. The molecule has 2 rings (SSSR count). The molecule has 1 amide bonds. The van der Waals surface area contributed by atoms with Gasteiger partial charge >= 0.3 is 5.97 Å². The number of amides is 1. The minimum atomic E-state index is -0.462. The number of ether oxygens (including phenoxy) is 1. The molecule has 0 aromatic heterocycles. The number of hydrogen-bond acceptors (Lipinski definition) is 3. The van der Waals surface area contributed by atoms with E-state index in [0.717, 1.165) is 31.6 Å². The zero-order valence-corrected chi connectivity index (χ0v) is 14.6. The summed E-state index contributed by atoms with van der Waals surface area (Å²) in [5.41, 5.74) is 0.700. The van der Waals surface area contributed by atoms with E-state index in [2.05, 4.69) is 12.2 Å². The van der Waals surface area contributed by atoms with Crippen LogP contribution in [0.1, 0.15) is 38.2 Å². The highest BCUT2D eigenvalue weighted by Crippen LogP contribution is 2.24. The molecule has 0 heterocycles. The Morgan fingerprint density at radius 2 is 1.87 bits per heavy atom. The minimum Gasteiger partial charge on any atom is -0.455 e. The van der Waals surface area contributed by atoms with Crippen molar-refractivity contribution in [2.75, 3.05) is 6.61 Å². The summed E-state index contributed by atoms with van der Waals surface area (Å²) in [5.74, 6) is 0.0232. The largest absolute Gasteiger partial charge is 0.455 e. The molecule has 4 nitrogen and oxygen atoms in total. The average Bonchev–Trinajstić information content (AvgIpc) is 2.51. The predicted octanol–water partition coefficient (Wildman–Crippen LogP) is 3.77. The minimum absolute atomic E-state index is 0.0606. The Hall–Kier alpha value is -1.26. The van der Waals surface area contributed by atoms with Gasteiger partial charge in [-0.3, -0.25) is 9.59 Å². The van der Waals surface area contributed by atoms with Gasteiger partial charge < -0.3 is 10.1 Å². The van der Waals surface area contributed by atoms with E-state index in [1.165, 1.54) is 0 Å². The maximum absolute atomic E-state index is 11.8. The summed E-state index contributed by atoms with van der Waals surface area (Å²) in [6.45, 7) is 1.98. The summed E-state index contributed by atoms with van der Waals surface area (Å²) in [5, 5.41) is 3.75. The van der Waals surface area contributed by atoms with E-state index in [9.17, 15) is 9.59 Å². The normalized spacial score (nSPS) is 20.8. The van der Waals surface area contributed by atoms with E-state index in [1.807, 2.05) is 0 Å². The quantitative estimate of drug-likeness (QED) is 0.815. The highest BCUT2D eigenvalue weighted by Gasteiger charge is 2.20. The Balaban J connectivity index is 1.71. The van der Waals surface area contributed by atoms with Crippen molar-refractivity contribution in [1.29, 1.82) is 0 Å². The molecule has 1 aromatic rings. The van der Waals surface area contributed by atoms with Crippen LogP contribution in [0.25, 0.3) is 0 Å². The van der Waals surface area contributed by atoms with Crippen LogP contribution >= 0.6 is 23.2 Å². The van der Waals surface area contributed by atoms with Crippen LogP contribution in [0, 0.1) is 5.92 Å². The molecule has 0 radical (unpaired) electrons. The molecule has 1 aliphatic rings. The van der Waals surface area contributed by atoms with Gasteiger partial charge in [0.25, 0.3) is 5.91 Å². The topological polar surface area (TPSA) is 55.4 Å². The van der Waals surface area contributed by atoms with Crippen LogP contribution in [0.3, 0.4) is 0 Å². The highest BCUT2D eigenvalue weighted by molar-refractivity contribution is 6.42. The summed E-state index contributed by atoms with van der Waals surface area (Å²) in [6, 6.07) is 5.16. The van der Waals surface area contributed by atoms with Crippen LogP contribution in [-0.4, -0.2) is 24.5 Å². The zero-order chi connectivity index (χ0) is 16.8. The number of halogens is 2. The Bertz CT molecular complexity index is 569. The Kier molecular flexibility index (Phi) is 6.72. The fourth-order valence-electron chi connectivity index (χ4n) is 2.69. The SMILES string of the molecule is CC1CCC(NC(=O)COC(=O)Cc2ccc(Cl)c(Cl)c2)CC1. The third-order valence-electron chi connectivity index (χ3n) is 4.08. The molecule has 0 saturated heterocycles. The Labute approximate surface area is 146 Å². The second kappa shape index (κ2) is 8.55. The van der Waals surface area contributed by atoms with Gasteiger partial charge in [0.1, 0.15) is 0 Å². The molecule has 1 aromatic carbocycles. The van der Waals surface area contributed by atoms with Crippen molar-refractivity contribution in [1.82, 2.24) is 5.32 Å². The lowest BCUT2D eigenvalue weighted by Crippen LogP contribution is -2.39. The molecule has 0 aliphatic heterocycles. The molecule has 6 heteroatoms. The second-order valence-corrected chi connectivity index (χ2v) is 6.92. The van der Waals surface area contributed by atoms with E-state index in [1.54, 1.807) is 18.2 Å². The maximum atomic E-state index is 11.8. The lowest BCUT2D eigenvalue weighted by Gasteiger charge is -2.26. The average molecular weight is 358 g/mol. The van der Waals surface area contributed by atoms with Crippen LogP contribution < -0.4 is 5.32 Å². The molecule has 0 atom stereocenters. The molecular weight excluding hydrogens is 337 g/mol. The number of carbonyl (C=O) groups excluding carboxylic acids is 2. The van der Waals surface area contributed by atoms with Crippen LogP contribution in [0.4, 0.5) is 0 Å². The van der Waals surface area contributed by atoms with Gasteiger partial charge in [0.05, 0.1) is 16.5 Å². The van der Waals surface area contributed by atoms with E-state index in [0.29, 0.717) is 15.6 Å². The molecule has 1 aliphatic carbocycles. The first-order valence-electron chi connectivity index (χ1n) is 7.83. The standard InChI is InChI=1S/C17H21Cl2NO3/c1-11-2-5-13(6-3-11)20-16(21)10-23-17(22)9-12-4-7-14(18)15(19)8-12/h4,7-8,11,13H,2-3,5-6,9-10H2,1H3,(H,20,21). The van der Waals surface area contributed by atoms with Crippen LogP contribution in [0.15, 0.2) is 18.2 Å². The fraction of sp³-hybridized carbons (Fsp3) is 0.529. The van der Waals surface area contributed by atoms with Crippen molar-refractivity contribution in [3.05, 3.63) is 33.8 Å². The number of carbonyl (C=O) groups is 2. The van der Waals surface area contributed by atoms with Gasteiger partial charge in [0.2, 0.25) is 0 Å². The monoisotopic (exact) mass is 357 g/mol. The van der Waals surface area contributed by atoms with Crippen molar-refractivity contribution >= 4 is 35.1 Å². The lowest BCUT2D eigenvalue weighted by atomic mass is 9.87. The van der Waals surface area contributed by atoms with Gasteiger partial charge in [-0.2, -0.15) is 0 Å². The molecule has 1 saturated carbocycles. The molecular formula is C17H21Cl2NO3. The Morgan fingerprint density at radius 1 is 1.17 bits per heavy atom. The van der Waals surface area contributed by atoms with E-state index >= 15 is 0 Å². The lowest BCUT2D eigenvalue weighted by molar-refractivity contribution is -0.148. The number of benzene rings is 1. The van der Waals surface area contributed by atoms with Gasteiger partial charge in [-0.25, -0.2) is 0 Å².